The minimum atomic E-state index is -0.105. The molecule has 2 rings (SSSR count). The van der Waals surface area contributed by atoms with E-state index < -0.39 is 0 Å². The van der Waals surface area contributed by atoms with Crippen molar-refractivity contribution in [2.75, 3.05) is 0 Å². The van der Waals surface area contributed by atoms with Gasteiger partial charge in [0.05, 0.1) is 0 Å². The summed E-state index contributed by atoms with van der Waals surface area (Å²) >= 11 is 0. The molecule has 2 aromatic rings. The SMILES string of the molecule is Cc1ccc(CCC(C)CCc2ccc(F)c(C)c2)cc1. The van der Waals surface area contributed by atoms with Crippen molar-refractivity contribution in [2.45, 2.75) is 46.5 Å². The first-order valence-corrected chi connectivity index (χ1v) is 7.85. The Hall–Kier alpha value is -1.63. The van der Waals surface area contributed by atoms with E-state index in [2.05, 4.69) is 38.1 Å². The Labute approximate surface area is 128 Å². The van der Waals surface area contributed by atoms with Crippen LogP contribution in [0.25, 0.3) is 0 Å². The van der Waals surface area contributed by atoms with Gasteiger partial charge in [-0.05, 0) is 68.2 Å². The first kappa shape index (κ1) is 15.8. The fourth-order valence-corrected chi connectivity index (χ4v) is 2.59. The van der Waals surface area contributed by atoms with Crippen LogP contribution in [-0.2, 0) is 12.8 Å². The van der Waals surface area contributed by atoms with Crippen LogP contribution in [-0.4, -0.2) is 0 Å². The van der Waals surface area contributed by atoms with Gasteiger partial charge >= 0.3 is 0 Å². The zero-order valence-electron chi connectivity index (χ0n) is 13.3. The van der Waals surface area contributed by atoms with E-state index in [0.717, 1.165) is 24.8 Å². The van der Waals surface area contributed by atoms with Crippen molar-refractivity contribution < 1.29 is 4.39 Å². The van der Waals surface area contributed by atoms with E-state index in [-0.39, 0.29) is 5.82 Å². The summed E-state index contributed by atoms with van der Waals surface area (Å²) in [6.07, 6.45) is 4.56. The maximum Gasteiger partial charge on any atom is 0.126 e. The van der Waals surface area contributed by atoms with Gasteiger partial charge in [0, 0.05) is 0 Å². The van der Waals surface area contributed by atoms with Crippen molar-refractivity contribution in [3.63, 3.8) is 0 Å². The van der Waals surface area contributed by atoms with E-state index in [0.29, 0.717) is 5.92 Å². The van der Waals surface area contributed by atoms with E-state index in [1.807, 2.05) is 19.1 Å². The minimum Gasteiger partial charge on any atom is -0.207 e. The van der Waals surface area contributed by atoms with Crippen LogP contribution in [0.4, 0.5) is 4.39 Å². The first-order valence-electron chi connectivity index (χ1n) is 7.85. The summed E-state index contributed by atoms with van der Waals surface area (Å²) in [7, 11) is 0. The van der Waals surface area contributed by atoms with Crippen molar-refractivity contribution in [2.24, 2.45) is 5.92 Å². The number of benzene rings is 2. The molecule has 0 spiro atoms. The Balaban J connectivity index is 1.77. The van der Waals surface area contributed by atoms with Crippen LogP contribution in [0.5, 0.6) is 0 Å². The van der Waals surface area contributed by atoms with E-state index in [9.17, 15) is 4.39 Å². The van der Waals surface area contributed by atoms with E-state index in [1.165, 1.54) is 23.1 Å². The van der Waals surface area contributed by atoms with Gasteiger partial charge in [-0.3, -0.25) is 0 Å². The van der Waals surface area contributed by atoms with Gasteiger partial charge in [-0.2, -0.15) is 0 Å². The van der Waals surface area contributed by atoms with Crippen LogP contribution in [0.1, 0.15) is 42.0 Å². The molecule has 1 unspecified atom stereocenters. The Bertz CT molecular complexity index is 569. The van der Waals surface area contributed by atoms with Crippen molar-refractivity contribution in [1.82, 2.24) is 0 Å². The molecule has 0 aromatic heterocycles. The second kappa shape index (κ2) is 7.40. The zero-order chi connectivity index (χ0) is 15.2. The number of hydrogen-bond donors (Lipinski definition) is 0. The fourth-order valence-electron chi connectivity index (χ4n) is 2.59. The molecule has 0 radical (unpaired) electrons. The Kier molecular flexibility index (Phi) is 5.55. The predicted molar refractivity (Wildman–Crippen MR) is 88.1 cm³/mol. The minimum absolute atomic E-state index is 0.105. The fraction of sp³-hybridized carbons (Fsp3) is 0.400. The highest BCUT2D eigenvalue weighted by atomic mass is 19.1. The third-order valence-corrected chi connectivity index (χ3v) is 4.19. The maximum atomic E-state index is 13.2. The van der Waals surface area contributed by atoms with Gasteiger partial charge in [-0.15, -0.1) is 0 Å². The third-order valence-electron chi connectivity index (χ3n) is 4.19. The summed E-state index contributed by atoms with van der Waals surface area (Å²) in [6.45, 7) is 6.27. The average molecular weight is 284 g/mol. The van der Waals surface area contributed by atoms with Gasteiger partial charge < -0.3 is 0 Å². The van der Waals surface area contributed by atoms with E-state index in [4.69, 9.17) is 0 Å². The molecular formula is C20H25F. The Morgan fingerprint density at radius 1 is 0.857 bits per heavy atom. The number of hydrogen-bond acceptors (Lipinski definition) is 0. The molecule has 0 aliphatic rings. The standard InChI is InChI=1S/C20H25F/c1-15-4-8-18(9-5-15)10-6-16(2)7-11-19-12-13-20(21)17(3)14-19/h4-5,8-9,12-14,16H,6-7,10-11H2,1-3H3. The molecule has 1 atom stereocenters. The van der Waals surface area contributed by atoms with Crippen LogP contribution in [0, 0.1) is 25.6 Å². The number of aryl methyl sites for hydroxylation is 4. The summed E-state index contributed by atoms with van der Waals surface area (Å²) < 4.78 is 13.2. The second-order valence-corrected chi connectivity index (χ2v) is 6.25. The molecule has 1 heteroatoms. The lowest BCUT2D eigenvalue weighted by Crippen LogP contribution is -2.00. The normalized spacial score (nSPS) is 12.4. The molecule has 0 aliphatic heterocycles. The van der Waals surface area contributed by atoms with Crippen LogP contribution >= 0.6 is 0 Å². The maximum absolute atomic E-state index is 13.2. The molecule has 0 saturated heterocycles. The Morgan fingerprint density at radius 3 is 2.05 bits per heavy atom. The summed E-state index contributed by atoms with van der Waals surface area (Å²) in [5, 5.41) is 0. The molecule has 0 amide bonds. The molecule has 112 valence electrons. The van der Waals surface area contributed by atoms with Crippen molar-refractivity contribution in [1.29, 1.82) is 0 Å². The zero-order valence-corrected chi connectivity index (χ0v) is 13.3. The molecular weight excluding hydrogens is 259 g/mol. The number of rotatable bonds is 6. The first-order chi connectivity index (χ1) is 10.0. The van der Waals surface area contributed by atoms with Crippen molar-refractivity contribution in [3.05, 3.63) is 70.5 Å². The molecule has 0 fully saturated rings. The van der Waals surface area contributed by atoms with Gasteiger partial charge in [0.25, 0.3) is 0 Å². The molecule has 2 aromatic carbocycles. The smallest absolute Gasteiger partial charge is 0.126 e. The van der Waals surface area contributed by atoms with Crippen LogP contribution in [0.15, 0.2) is 42.5 Å². The second-order valence-electron chi connectivity index (χ2n) is 6.25. The van der Waals surface area contributed by atoms with E-state index >= 15 is 0 Å². The highest BCUT2D eigenvalue weighted by Gasteiger charge is 2.05. The quantitative estimate of drug-likeness (QED) is 0.643. The summed E-state index contributed by atoms with van der Waals surface area (Å²) in [5.41, 5.74) is 4.74. The number of halogens is 1. The molecule has 0 aliphatic carbocycles. The molecule has 0 saturated carbocycles. The largest absolute Gasteiger partial charge is 0.207 e. The average Bonchev–Trinajstić information content (AvgIpc) is 2.48. The van der Waals surface area contributed by atoms with Crippen LogP contribution in [0.2, 0.25) is 0 Å². The molecule has 0 nitrogen and oxygen atoms in total. The predicted octanol–water partition coefficient (Wildman–Crippen LogP) is 5.64. The van der Waals surface area contributed by atoms with Crippen LogP contribution < -0.4 is 0 Å². The van der Waals surface area contributed by atoms with Gasteiger partial charge in [0.2, 0.25) is 0 Å². The lowest BCUT2D eigenvalue weighted by molar-refractivity contribution is 0.492. The Morgan fingerprint density at radius 2 is 1.43 bits per heavy atom. The lowest BCUT2D eigenvalue weighted by Gasteiger charge is -2.12. The summed E-state index contributed by atoms with van der Waals surface area (Å²) in [5.74, 6) is 0.586. The van der Waals surface area contributed by atoms with Gasteiger partial charge in [0.15, 0.2) is 0 Å². The summed E-state index contributed by atoms with van der Waals surface area (Å²) in [4.78, 5) is 0. The van der Waals surface area contributed by atoms with Gasteiger partial charge in [-0.1, -0.05) is 48.9 Å². The molecule has 0 bridgehead atoms. The third kappa shape index (κ3) is 5.00. The summed E-state index contributed by atoms with van der Waals surface area (Å²) in [6, 6.07) is 14.3. The highest BCUT2D eigenvalue weighted by molar-refractivity contribution is 5.24. The van der Waals surface area contributed by atoms with Crippen molar-refractivity contribution in [3.8, 4) is 0 Å². The van der Waals surface area contributed by atoms with Gasteiger partial charge in [-0.25, -0.2) is 4.39 Å². The monoisotopic (exact) mass is 284 g/mol. The van der Waals surface area contributed by atoms with Crippen LogP contribution in [0.3, 0.4) is 0 Å². The van der Waals surface area contributed by atoms with Gasteiger partial charge in [0.1, 0.15) is 5.82 Å². The lowest BCUT2D eigenvalue weighted by atomic mass is 9.94. The topological polar surface area (TPSA) is 0 Å². The molecule has 0 N–H and O–H groups in total. The molecule has 21 heavy (non-hydrogen) atoms. The molecule has 0 heterocycles. The highest BCUT2D eigenvalue weighted by Crippen LogP contribution is 2.17. The van der Waals surface area contributed by atoms with Crippen molar-refractivity contribution >= 4 is 0 Å². The van der Waals surface area contributed by atoms with E-state index in [1.54, 1.807) is 6.07 Å².